The van der Waals surface area contributed by atoms with E-state index >= 15 is 0 Å². The highest BCUT2D eigenvalue weighted by Crippen LogP contribution is 2.35. The molecule has 88 valence electrons. The zero-order valence-electron chi connectivity index (χ0n) is 9.64. The normalized spacial score (nSPS) is 32.6. The lowest BCUT2D eigenvalue weighted by Crippen LogP contribution is -2.30. The van der Waals surface area contributed by atoms with Crippen LogP contribution in [0, 0.1) is 0 Å². The Morgan fingerprint density at radius 3 is 2.81 bits per heavy atom. The summed E-state index contributed by atoms with van der Waals surface area (Å²) in [5.74, 6) is 1.06. The van der Waals surface area contributed by atoms with Crippen LogP contribution in [0.1, 0.15) is 44.9 Å². The summed E-state index contributed by atoms with van der Waals surface area (Å²) in [6, 6.07) is 0.879. The van der Waals surface area contributed by atoms with Crippen LogP contribution in [0.3, 0.4) is 0 Å². The number of hydrogen-bond donors (Lipinski definition) is 1. The van der Waals surface area contributed by atoms with Crippen molar-refractivity contribution in [3.63, 3.8) is 0 Å². The third-order valence-electron chi connectivity index (χ3n) is 3.37. The van der Waals surface area contributed by atoms with Crippen molar-refractivity contribution in [2.45, 2.75) is 57.3 Å². The summed E-state index contributed by atoms with van der Waals surface area (Å²) in [4.78, 5) is 4.31. The Bertz CT molecular complexity index is 377. The fourth-order valence-electron chi connectivity index (χ4n) is 2.48. The molecular weight excluding hydrogens is 206 g/mol. The van der Waals surface area contributed by atoms with Gasteiger partial charge in [-0.3, -0.25) is 0 Å². The molecule has 1 aromatic rings. The minimum Gasteiger partial charge on any atom is -0.373 e. The van der Waals surface area contributed by atoms with Crippen molar-refractivity contribution in [3.8, 4) is 0 Å². The van der Waals surface area contributed by atoms with Gasteiger partial charge in [-0.05, 0) is 19.3 Å². The Balaban J connectivity index is 1.65. The molecule has 5 nitrogen and oxygen atoms in total. The SMILES string of the molecule is CC(C)c1noc(N[C@@H]2C[C@H]3CC[C@H]2O3)n1. The number of hydrogen-bond acceptors (Lipinski definition) is 5. The number of anilines is 1. The second-order valence-electron chi connectivity index (χ2n) is 4.97. The lowest BCUT2D eigenvalue weighted by molar-refractivity contribution is 0.102. The Kier molecular flexibility index (Phi) is 2.35. The van der Waals surface area contributed by atoms with E-state index in [9.17, 15) is 0 Å². The Hall–Kier alpha value is -1.10. The number of rotatable bonds is 3. The topological polar surface area (TPSA) is 60.2 Å². The van der Waals surface area contributed by atoms with Crippen molar-refractivity contribution in [1.82, 2.24) is 10.1 Å². The van der Waals surface area contributed by atoms with E-state index in [0.717, 1.165) is 18.7 Å². The lowest BCUT2D eigenvalue weighted by atomic mass is 9.96. The molecule has 0 aliphatic carbocycles. The summed E-state index contributed by atoms with van der Waals surface area (Å²) in [6.45, 7) is 4.10. The average molecular weight is 223 g/mol. The van der Waals surface area contributed by atoms with Crippen molar-refractivity contribution in [2.24, 2.45) is 0 Å². The first kappa shape index (κ1) is 10.1. The number of fused-ring (bicyclic) bond motifs is 2. The highest BCUT2D eigenvalue weighted by Gasteiger charge is 2.41. The molecule has 0 radical (unpaired) electrons. The molecule has 2 fully saturated rings. The molecule has 0 amide bonds. The van der Waals surface area contributed by atoms with Gasteiger partial charge in [0.2, 0.25) is 0 Å². The van der Waals surface area contributed by atoms with E-state index in [1.807, 2.05) is 0 Å². The van der Waals surface area contributed by atoms with Crippen molar-refractivity contribution >= 4 is 6.01 Å². The number of nitrogens with one attached hydrogen (secondary N) is 1. The first-order valence-electron chi connectivity index (χ1n) is 5.98. The van der Waals surface area contributed by atoms with Crippen LogP contribution < -0.4 is 5.32 Å². The van der Waals surface area contributed by atoms with E-state index in [0.29, 0.717) is 30.2 Å². The van der Waals surface area contributed by atoms with Crippen LogP contribution in [-0.2, 0) is 4.74 Å². The number of aromatic nitrogens is 2. The standard InChI is InChI=1S/C11H17N3O2/c1-6(2)10-13-11(16-14-10)12-8-5-7-3-4-9(8)15-7/h6-9H,3-5H2,1-2H3,(H,12,13,14)/t7-,8-,9-/m1/s1. The molecule has 5 heteroatoms. The van der Waals surface area contributed by atoms with E-state index in [4.69, 9.17) is 9.26 Å². The highest BCUT2D eigenvalue weighted by molar-refractivity contribution is 5.23. The Morgan fingerprint density at radius 2 is 2.25 bits per heavy atom. The molecule has 1 N–H and O–H groups in total. The van der Waals surface area contributed by atoms with Gasteiger partial charge in [0.15, 0.2) is 5.82 Å². The maximum Gasteiger partial charge on any atom is 0.321 e. The van der Waals surface area contributed by atoms with Crippen molar-refractivity contribution in [3.05, 3.63) is 5.82 Å². The molecule has 0 saturated carbocycles. The van der Waals surface area contributed by atoms with Crippen LogP contribution in [-0.4, -0.2) is 28.4 Å². The minimum atomic E-state index is 0.301. The molecule has 2 aliphatic heterocycles. The first-order valence-corrected chi connectivity index (χ1v) is 5.98. The van der Waals surface area contributed by atoms with Crippen LogP contribution in [0.2, 0.25) is 0 Å². The predicted molar refractivity (Wildman–Crippen MR) is 58.3 cm³/mol. The molecule has 0 spiro atoms. The van der Waals surface area contributed by atoms with Crippen molar-refractivity contribution in [1.29, 1.82) is 0 Å². The van der Waals surface area contributed by atoms with Gasteiger partial charge in [-0.1, -0.05) is 19.0 Å². The van der Waals surface area contributed by atoms with E-state index < -0.39 is 0 Å². The maximum atomic E-state index is 5.76. The van der Waals surface area contributed by atoms with Gasteiger partial charge in [0, 0.05) is 5.92 Å². The van der Waals surface area contributed by atoms with Gasteiger partial charge in [0.1, 0.15) is 0 Å². The van der Waals surface area contributed by atoms with Gasteiger partial charge in [0.25, 0.3) is 0 Å². The third kappa shape index (κ3) is 1.69. The van der Waals surface area contributed by atoms with Gasteiger partial charge in [-0.15, -0.1) is 0 Å². The van der Waals surface area contributed by atoms with E-state index in [1.54, 1.807) is 0 Å². The Morgan fingerprint density at radius 1 is 1.38 bits per heavy atom. The molecule has 3 heterocycles. The average Bonchev–Trinajstić information content (AvgIpc) is 2.91. The van der Waals surface area contributed by atoms with Gasteiger partial charge in [-0.25, -0.2) is 0 Å². The summed E-state index contributed by atoms with van der Waals surface area (Å²) in [5, 5.41) is 7.21. The third-order valence-corrected chi connectivity index (χ3v) is 3.37. The molecule has 2 aliphatic rings. The first-order chi connectivity index (χ1) is 7.72. The lowest BCUT2D eigenvalue weighted by Gasteiger charge is -2.18. The zero-order chi connectivity index (χ0) is 11.1. The molecule has 1 aromatic heterocycles. The molecule has 2 bridgehead atoms. The Labute approximate surface area is 94.6 Å². The monoisotopic (exact) mass is 223 g/mol. The summed E-state index contributed by atoms with van der Waals surface area (Å²) in [6.07, 6.45) is 4.18. The van der Waals surface area contributed by atoms with Crippen LogP contribution >= 0.6 is 0 Å². The molecule has 3 atom stereocenters. The van der Waals surface area contributed by atoms with Crippen molar-refractivity contribution < 1.29 is 9.26 Å². The maximum absolute atomic E-state index is 5.76. The minimum absolute atomic E-state index is 0.301. The molecule has 3 rings (SSSR count). The summed E-state index contributed by atoms with van der Waals surface area (Å²) < 4.78 is 10.9. The fourth-order valence-corrected chi connectivity index (χ4v) is 2.48. The van der Waals surface area contributed by atoms with Crippen LogP contribution in [0.5, 0.6) is 0 Å². The smallest absolute Gasteiger partial charge is 0.321 e. The van der Waals surface area contributed by atoms with Crippen LogP contribution in [0.25, 0.3) is 0 Å². The molecule has 0 aromatic carbocycles. The highest BCUT2D eigenvalue weighted by atomic mass is 16.5. The van der Waals surface area contributed by atoms with Gasteiger partial charge >= 0.3 is 6.01 Å². The van der Waals surface area contributed by atoms with Gasteiger partial charge < -0.3 is 14.6 Å². The largest absolute Gasteiger partial charge is 0.373 e. The summed E-state index contributed by atoms with van der Waals surface area (Å²) in [7, 11) is 0. The summed E-state index contributed by atoms with van der Waals surface area (Å²) >= 11 is 0. The van der Waals surface area contributed by atoms with Crippen molar-refractivity contribution in [2.75, 3.05) is 5.32 Å². The molecule has 16 heavy (non-hydrogen) atoms. The van der Waals surface area contributed by atoms with Gasteiger partial charge in [-0.2, -0.15) is 4.98 Å². The second kappa shape index (κ2) is 3.73. The second-order valence-corrected chi connectivity index (χ2v) is 4.97. The molecule has 2 saturated heterocycles. The quantitative estimate of drug-likeness (QED) is 0.848. The van der Waals surface area contributed by atoms with E-state index in [2.05, 4.69) is 29.3 Å². The fraction of sp³-hybridized carbons (Fsp3) is 0.818. The number of ether oxygens (including phenoxy) is 1. The predicted octanol–water partition coefficient (Wildman–Crippen LogP) is 1.92. The van der Waals surface area contributed by atoms with E-state index in [-0.39, 0.29) is 0 Å². The van der Waals surface area contributed by atoms with E-state index in [1.165, 1.54) is 6.42 Å². The van der Waals surface area contributed by atoms with Gasteiger partial charge in [0.05, 0.1) is 18.2 Å². The zero-order valence-corrected chi connectivity index (χ0v) is 9.64. The number of nitrogens with zero attached hydrogens (tertiary/aromatic N) is 2. The van der Waals surface area contributed by atoms with Crippen LogP contribution in [0.4, 0.5) is 6.01 Å². The summed E-state index contributed by atoms with van der Waals surface area (Å²) in [5.41, 5.74) is 0. The van der Waals surface area contributed by atoms with Crippen LogP contribution in [0.15, 0.2) is 4.52 Å². The molecular formula is C11H17N3O2. The molecule has 0 unspecified atom stereocenters.